The van der Waals surface area contributed by atoms with Gasteiger partial charge in [0.25, 0.3) is 0 Å². The minimum Gasteiger partial charge on any atom is -0.326 e. The van der Waals surface area contributed by atoms with E-state index in [0.717, 1.165) is 40.8 Å². The van der Waals surface area contributed by atoms with Crippen LogP contribution in [-0.2, 0) is 4.79 Å². The molecular weight excluding hydrogens is 435 g/mol. The van der Waals surface area contributed by atoms with Crippen LogP contribution in [0.2, 0.25) is 0 Å². The van der Waals surface area contributed by atoms with Crippen LogP contribution in [0.25, 0.3) is 17.1 Å². The molecule has 4 rings (SSSR count). The van der Waals surface area contributed by atoms with Crippen LogP contribution in [0.1, 0.15) is 24.8 Å². The number of nitrogens with one attached hydrogen (secondary N) is 1. The van der Waals surface area contributed by atoms with Gasteiger partial charge in [0.05, 0.1) is 0 Å². The molecule has 4 aromatic rings. The van der Waals surface area contributed by atoms with E-state index in [1.54, 1.807) is 23.9 Å². The highest BCUT2D eigenvalue weighted by molar-refractivity contribution is 7.99. The largest absolute Gasteiger partial charge is 0.326 e. The van der Waals surface area contributed by atoms with Gasteiger partial charge in [-0.2, -0.15) is 0 Å². The van der Waals surface area contributed by atoms with Crippen LogP contribution >= 0.6 is 11.8 Å². The average molecular weight is 461 g/mol. The summed E-state index contributed by atoms with van der Waals surface area (Å²) in [7, 11) is 0. The van der Waals surface area contributed by atoms with Gasteiger partial charge in [0, 0.05) is 29.1 Å². The van der Waals surface area contributed by atoms with Crippen molar-refractivity contribution in [1.29, 1.82) is 0 Å². The number of carbonyl (C=O) groups is 1. The Balaban J connectivity index is 1.36. The fourth-order valence-corrected chi connectivity index (χ4v) is 4.32. The number of unbranched alkanes of at least 4 members (excludes halogenated alkanes) is 1. The summed E-state index contributed by atoms with van der Waals surface area (Å²) in [5, 5.41) is 12.5. The molecule has 7 heteroatoms. The molecule has 168 valence electrons. The Labute approximate surface area is 197 Å². The number of nitrogens with zero attached hydrogens (tertiary/aromatic N) is 3. The average Bonchev–Trinajstić information content (AvgIpc) is 3.25. The standard InChI is InChI=1S/C26H25FN4OS/c1-19-10-12-20(13-11-19)25-29-30-26(31(25)23-7-3-2-4-8-23)33-18-6-5-9-24(32)28-22-16-14-21(27)15-17-22/h2-4,7-8,10-17H,5-6,9,18H2,1H3,(H,28,32). The molecule has 0 bridgehead atoms. The number of aryl methyl sites for hydroxylation is 1. The summed E-state index contributed by atoms with van der Waals surface area (Å²) < 4.78 is 15.1. The lowest BCUT2D eigenvalue weighted by Gasteiger charge is -2.10. The van der Waals surface area contributed by atoms with Gasteiger partial charge in [0.1, 0.15) is 5.82 Å². The second-order valence-electron chi connectivity index (χ2n) is 7.70. The van der Waals surface area contributed by atoms with E-state index in [1.807, 2.05) is 30.3 Å². The molecule has 33 heavy (non-hydrogen) atoms. The fraction of sp³-hybridized carbons (Fsp3) is 0.192. The molecule has 0 unspecified atom stereocenters. The second kappa shape index (κ2) is 10.9. The van der Waals surface area contributed by atoms with E-state index in [-0.39, 0.29) is 11.7 Å². The van der Waals surface area contributed by atoms with Crippen molar-refractivity contribution in [2.75, 3.05) is 11.1 Å². The van der Waals surface area contributed by atoms with Crippen molar-refractivity contribution >= 4 is 23.4 Å². The number of para-hydroxylation sites is 1. The lowest BCUT2D eigenvalue weighted by molar-refractivity contribution is -0.116. The minimum absolute atomic E-state index is 0.0688. The molecule has 5 nitrogen and oxygen atoms in total. The molecule has 0 saturated carbocycles. The smallest absolute Gasteiger partial charge is 0.224 e. The maximum atomic E-state index is 13.0. The molecule has 0 aliphatic rings. The first kappa shape index (κ1) is 22.7. The number of benzene rings is 3. The Morgan fingerprint density at radius 2 is 1.67 bits per heavy atom. The number of amides is 1. The Morgan fingerprint density at radius 3 is 2.39 bits per heavy atom. The van der Waals surface area contributed by atoms with Crippen LogP contribution < -0.4 is 5.32 Å². The van der Waals surface area contributed by atoms with Crippen LogP contribution in [0.5, 0.6) is 0 Å². The summed E-state index contributed by atoms with van der Waals surface area (Å²) in [6, 6.07) is 24.1. The summed E-state index contributed by atoms with van der Waals surface area (Å²) in [5.74, 6) is 1.24. The van der Waals surface area contributed by atoms with Crippen LogP contribution in [0.4, 0.5) is 10.1 Å². The van der Waals surface area contributed by atoms with E-state index in [9.17, 15) is 9.18 Å². The summed E-state index contributed by atoms with van der Waals surface area (Å²) in [4.78, 5) is 12.1. The lowest BCUT2D eigenvalue weighted by Crippen LogP contribution is -2.11. The van der Waals surface area contributed by atoms with Gasteiger partial charge in [-0.15, -0.1) is 10.2 Å². The van der Waals surface area contributed by atoms with Gasteiger partial charge in [-0.05, 0) is 56.2 Å². The zero-order chi connectivity index (χ0) is 23.0. The predicted molar refractivity (Wildman–Crippen MR) is 131 cm³/mol. The SMILES string of the molecule is Cc1ccc(-c2nnc(SCCCCC(=O)Nc3ccc(F)cc3)n2-c2ccccc2)cc1. The molecule has 0 saturated heterocycles. The van der Waals surface area contributed by atoms with Crippen molar-refractivity contribution < 1.29 is 9.18 Å². The van der Waals surface area contributed by atoms with Gasteiger partial charge in [-0.25, -0.2) is 4.39 Å². The van der Waals surface area contributed by atoms with E-state index in [2.05, 4.69) is 51.3 Å². The molecule has 1 amide bonds. The molecule has 1 heterocycles. The number of rotatable bonds is 9. The third kappa shape index (κ3) is 6.08. The van der Waals surface area contributed by atoms with Crippen molar-refractivity contribution in [1.82, 2.24) is 14.8 Å². The molecule has 0 atom stereocenters. The Morgan fingerprint density at radius 1 is 0.939 bits per heavy atom. The van der Waals surface area contributed by atoms with Crippen molar-refractivity contribution in [2.45, 2.75) is 31.3 Å². The number of anilines is 1. The number of carbonyl (C=O) groups excluding carboxylic acids is 1. The molecule has 0 spiro atoms. The number of hydrogen-bond donors (Lipinski definition) is 1. The summed E-state index contributed by atoms with van der Waals surface area (Å²) in [6.07, 6.45) is 2.03. The van der Waals surface area contributed by atoms with Gasteiger partial charge in [-0.1, -0.05) is 59.8 Å². The summed E-state index contributed by atoms with van der Waals surface area (Å²) in [5.41, 5.74) is 3.83. The van der Waals surface area contributed by atoms with Gasteiger partial charge in [0.2, 0.25) is 5.91 Å². The summed E-state index contributed by atoms with van der Waals surface area (Å²) >= 11 is 1.63. The fourth-order valence-electron chi connectivity index (χ4n) is 3.37. The molecule has 1 aromatic heterocycles. The van der Waals surface area contributed by atoms with Crippen LogP contribution in [0, 0.1) is 12.7 Å². The molecule has 0 radical (unpaired) electrons. The van der Waals surface area contributed by atoms with E-state index in [4.69, 9.17) is 0 Å². The summed E-state index contributed by atoms with van der Waals surface area (Å²) in [6.45, 7) is 2.06. The predicted octanol–water partition coefficient (Wildman–Crippen LogP) is 6.28. The number of thioether (sulfide) groups is 1. The third-order valence-corrected chi connectivity index (χ3v) is 6.13. The monoisotopic (exact) mass is 460 g/mol. The molecule has 1 N–H and O–H groups in total. The molecule has 3 aromatic carbocycles. The minimum atomic E-state index is -0.320. The van der Waals surface area contributed by atoms with Crippen LogP contribution in [0.3, 0.4) is 0 Å². The van der Waals surface area contributed by atoms with Crippen molar-refractivity contribution in [3.8, 4) is 17.1 Å². The van der Waals surface area contributed by atoms with E-state index >= 15 is 0 Å². The van der Waals surface area contributed by atoms with E-state index in [0.29, 0.717) is 12.1 Å². The maximum Gasteiger partial charge on any atom is 0.224 e. The first-order valence-electron chi connectivity index (χ1n) is 10.9. The lowest BCUT2D eigenvalue weighted by atomic mass is 10.1. The quantitative estimate of drug-likeness (QED) is 0.236. The number of hydrogen-bond acceptors (Lipinski definition) is 4. The molecule has 0 aliphatic heterocycles. The Kier molecular flexibility index (Phi) is 7.52. The first-order chi connectivity index (χ1) is 16.1. The zero-order valence-electron chi connectivity index (χ0n) is 18.4. The second-order valence-corrected chi connectivity index (χ2v) is 8.77. The first-order valence-corrected chi connectivity index (χ1v) is 11.8. The normalized spacial score (nSPS) is 10.8. The molecular formula is C26H25FN4OS. The van der Waals surface area contributed by atoms with Crippen molar-refractivity contribution in [3.05, 3.63) is 90.2 Å². The Bertz CT molecular complexity index is 1190. The van der Waals surface area contributed by atoms with Gasteiger partial charge in [0.15, 0.2) is 11.0 Å². The highest BCUT2D eigenvalue weighted by atomic mass is 32.2. The number of halogens is 1. The highest BCUT2D eigenvalue weighted by Crippen LogP contribution is 2.28. The van der Waals surface area contributed by atoms with E-state index in [1.165, 1.54) is 17.7 Å². The number of aromatic nitrogens is 3. The third-order valence-electron chi connectivity index (χ3n) is 5.11. The van der Waals surface area contributed by atoms with Crippen LogP contribution in [0.15, 0.2) is 84.0 Å². The van der Waals surface area contributed by atoms with Gasteiger partial charge in [-0.3, -0.25) is 9.36 Å². The topological polar surface area (TPSA) is 59.8 Å². The molecule has 0 aliphatic carbocycles. The maximum absolute atomic E-state index is 13.0. The zero-order valence-corrected chi connectivity index (χ0v) is 19.2. The van der Waals surface area contributed by atoms with Gasteiger partial charge < -0.3 is 5.32 Å². The van der Waals surface area contributed by atoms with Crippen molar-refractivity contribution in [2.24, 2.45) is 0 Å². The van der Waals surface area contributed by atoms with Gasteiger partial charge >= 0.3 is 0 Å². The Hall–Kier alpha value is -3.45. The van der Waals surface area contributed by atoms with E-state index < -0.39 is 0 Å². The van der Waals surface area contributed by atoms with Crippen LogP contribution in [-0.4, -0.2) is 26.4 Å². The van der Waals surface area contributed by atoms with Crippen molar-refractivity contribution in [3.63, 3.8) is 0 Å². The highest BCUT2D eigenvalue weighted by Gasteiger charge is 2.16. The molecule has 0 fully saturated rings.